The van der Waals surface area contributed by atoms with E-state index in [4.69, 9.17) is 4.74 Å². The van der Waals surface area contributed by atoms with Crippen LogP contribution in [0.4, 0.5) is 5.69 Å². The summed E-state index contributed by atoms with van der Waals surface area (Å²) in [7, 11) is -3.48. The highest BCUT2D eigenvalue weighted by molar-refractivity contribution is 7.93. The second-order valence-electron chi connectivity index (χ2n) is 10.4. The van der Waals surface area contributed by atoms with E-state index in [1.165, 1.54) is 30.6 Å². The number of amides is 1. The summed E-state index contributed by atoms with van der Waals surface area (Å²) in [4.78, 5) is 34.0. The van der Waals surface area contributed by atoms with Crippen molar-refractivity contribution in [2.75, 3.05) is 31.0 Å². The van der Waals surface area contributed by atoms with Crippen LogP contribution in [-0.4, -0.2) is 70.7 Å². The summed E-state index contributed by atoms with van der Waals surface area (Å²) in [5, 5.41) is 3.04. The van der Waals surface area contributed by atoms with E-state index in [1.807, 2.05) is 6.92 Å². The average Bonchev–Trinajstić information content (AvgIpc) is 3.70. The topological polar surface area (TPSA) is 139 Å². The third-order valence-electron chi connectivity index (χ3n) is 7.48. The lowest BCUT2D eigenvalue weighted by molar-refractivity contribution is 0.0928. The normalized spacial score (nSPS) is 17.3. The predicted octanol–water partition coefficient (Wildman–Crippen LogP) is 4.43. The minimum atomic E-state index is -3.48. The molecule has 220 valence electrons. The fourth-order valence-corrected chi connectivity index (χ4v) is 7.69. The van der Waals surface area contributed by atoms with Crippen LogP contribution < -0.4 is 14.8 Å². The van der Waals surface area contributed by atoms with Crippen molar-refractivity contribution in [2.45, 2.75) is 69.6 Å². The molecule has 1 atom stereocenters. The number of hydrogen-bond donors (Lipinski definition) is 2. The van der Waals surface area contributed by atoms with Crippen LogP contribution in [0.25, 0.3) is 10.6 Å². The number of sulfonamides is 1. The number of piperidine rings is 1. The van der Waals surface area contributed by atoms with Crippen LogP contribution in [0.2, 0.25) is 0 Å². The highest BCUT2D eigenvalue weighted by atomic mass is 32.2. The third kappa shape index (κ3) is 7.77. The molecule has 1 aliphatic carbocycles. The molecule has 2 fully saturated rings. The molecule has 2 N–H and O–H groups in total. The highest BCUT2D eigenvalue weighted by Crippen LogP contribution is 2.29. The van der Waals surface area contributed by atoms with Gasteiger partial charge in [0.15, 0.2) is 5.01 Å². The zero-order valence-electron chi connectivity index (χ0n) is 23.3. The second-order valence-corrected chi connectivity index (χ2v) is 13.4. The van der Waals surface area contributed by atoms with Gasteiger partial charge >= 0.3 is 0 Å². The molecule has 5 rings (SSSR count). The van der Waals surface area contributed by atoms with Crippen molar-refractivity contribution < 1.29 is 17.9 Å². The van der Waals surface area contributed by atoms with Crippen LogP contribution in [0.15, 0.2) is 36.9 Å². The molecule has 1 saturated carbocycles. The quantitative estimate of drug-likeness (QED) is 0.310. The van der Waals surface area contributed by atoms with E-state index in [1.54, 1.807) is 36.9 Å². The number of hydrogen-bond acceptors (Lipinski definition) is 10. The molecule has 0 spiro atoms. The van der Waals surface area contributed by atoms with E-state index >= 15 is 0 Å². The van der Waals surface area contributed by atoms with Crippen molar-refractivity contribution in [1.82, 2.24) is 30.2 Å². The number of anilines is 1. The monoisotopic (exact) mass is 599 g/mol. The van der Waals surface area contributed by atoms with E-state index < -0.39 is 16.1 Å². The SMILES string of the molecule is CCOc1cncc(-c2cnc(C(=O)N[C@@H](CCN3CCCCC3)c3cc(NS(=O)(=O)C4CCCC4)ccn3)s2)n1. The van der Waals surface area contributed by atoms with Crippen molar-refractivity contribution in [3.63, 3.8) is 0 Å². The zero-order valence-corrected chi connectivity index (χ0v) is 24.9. The number of carbonyl (C=O) groups excluding carboxylic acids is 1. The largest absolute Gasteiger partial charge is 0.477 e. The number of thiazole rings is 1. The number of rotatable bonds is 12. The Balaban J connectivity index is 1.33. The second kappa shape index (κ2) is 13.7. The summed E-state index contributed by atoms with van der Waals surface area (Å²) in [5.74, 6) is 0.0919. The first-order valence-electron chi connectivity index (χ1n) is 14.3. The molecule has 4 heterocycles. The van der Waals surface area contributed by atoms with Crippen LogP contribution in [-0.2, 0) is 10.0 Å². The number of ether oxygens (including phenoxy) is 1. The lowest BCUT2D eigenvalue weighted by Crippen LogP contribution is -2.35. The number of aromatic nitrogens is 4. The number of carbonyl (C=O) groups is 1. The number of likely N-dealkylation sites (tertiary alicyclic amines) is 1. The van der Waals surface area contributed by atoms with Crippen LogP contribution in [0, 0.1) is 0 Å². The molecule has 1 amide bonds. The molecule has 0 radical (unpaired) electrons. The van der Waals surface area contributed by atoms with Crippen LogP contribution >= 0.6 is 11.3 Å². The molecule has 3 aromatic heterocycles. The van der Waals surface area contributed by atoms with Crippen LogP contribution in [0.3, 0.4) is 0 Å². The van der Waals surface area contributed by atoms with Crippen molar-refractivity contribution in [3.8, 4) is 16.5 Å². The Morgan fingerprint density at radius 2 is 1.93 bits per heavy atom. The van der Waals surface area contributed by atoms with E-state index in [2.05, 4.69) is 34.9 Å². The fraction of sp³-hybridized carbons (Fsp3) is 0.536. The summed E-state index contributed by atoms with van der Waals surface area (Å²) < 4.78 is 34.0. The van der Waals surface area contributed by atoms with E-state index in [9.17, 15) is 13.2 Å². The third-order valence-corrected chi connectivity index (χ3v) is 10.4. The van der Waals surface area contributed by atoms with E-state index in [0.717, 1.165) is 32.5 Å². The van der Waals surface area contributed by atoms with Gasteiger partial charge in [0.05, 0.1) is 46.6 Å². The van der Waals surface area contributed by atoms with Gasteiger partial charge in [-0.25, -0.2) is 18.4 Å². The molecular formula is C28H37N7O4S2. The molecule has 2 aliphatic rings. The summed E-state index contributed by atoms with van der Waals surface area (Å²) in [6.07, 6.45) is 13.8. The molecule has 13 heteroatoms. The van der Waals surface area contributed by atoms with Gasteiger partial charge in [-0.3, -0.25) is 19.5 Å². The Morgan fingerprint density at radius 3 is 2.71 bits per heavy atom. The highest BCUT2D eigenvalue weighted by Gasteiger charge is 2.29. The molecule has 41 heavy (non-hydrogen) atoms. The minimum absolute atomic E-state index is 0.296. The van der Waals surface area contributed by atoms with Crippen molar-refractivity contribution in [2.24, 2.45) is 0 Å². The first kappa shape index (κ1) is 29.3. The van der Waals surface area contributed by atoms with E-state index in [-0.39, 0.29) is 11.2 Å². The smallest absolute Gasteiger partial charge is 0.280 e. The van der Waals surface area contributed by atoms with Gasteiger partial charge in [0.1, 0.15) is 5.69 Å². The molecule has 1 aliphatic heterocycles. The standard InChI is InChI=1S/C28H37N7O4S2/c1-2-39-26-19-29-17-24(32-26)25-18-31-28(40-25)27(36)33-22(11-15-35-13-6-3-7-14-35)23-16-20(10-12-30-23)34-41(37,38)21-8-4-5-9-21/h10,12,16-19,21-22H,2-9,11,13-15H2,1H3,(H,30,34)(H,33,36)/t22-/m0/s1. The molecule has 0 aromatic carbocycles. The van der Waals surface area contributed by atoms with Gasteiger partial charge in [0.2, 0.25) is 15.9 Å². The van der Waals surface area contributed by atoms with Gasteiger partial charge in [-0.15, -0.1) is 11.3 Å². The Labute approximate surface area is 245 Å². The summed E-state index contributed by atoms with van der Waals surface area (Å²) in [5.41, 5.74) is 1.65. The van der Waals surface area contributed by atoms with E-state index in [0.29, 0.717) is 58.7 Å². The van der Waals surface area contributed by atoms with Crippen LogP contribution in [0.1, 0.15) is 79.8 Å². The number of nitrogens with zero attached hydrogens (tertiary/aromatic N) is 5. The summed E-state index contributed by atoms with van der Waals surface area (Å²) in [6.45, 7) is 5.22. The molecular weight excluding hydrogens is 562 g/mol. The van der Waals surface area contributed by atoms with Gasteiger partial charge in [0.25, 0.3) is 5.91 Å². The minimum Gasteiger partial charge on any atom is -0.477 e. The average molecular weight is 600 g/mol. The lowest BCUT2D eigenvalue weighted by Gasteiger charge is -2.28. The summed E-state index contributed by atoms with van der Waals surface area (Å²) in [6, 6.07) is 2.97. The van der Waals surface area contributed by atoms with Crippen LogP contribution in [0.5, 0.6) is 5.88 Å². The van der Waals surface area contributed by atoms with Gasteiger partial charge < -0.3 is 15.0 Å². The van der Waals surface area contributed by atoms with Crippen molar-refractivity contribution in [3.05, 3.63) is 47.6 Å². The first-order valence-corrected chi connectivity index (χ1v) is 16.7. The van der Waals surface area contributed by atoms with Gasteiger partial charge in [-0.1, -0.05) is 19.3 Å². The fourth-order valence-electron chi connectivity index (χ4n) is 5.34. The molecule has 0 unspecified atom stereocenters. The van der Waals surface area contributed by atoms with Gasteiger partial charge in [-0.05, 0) is 64.3 Å². The Bertz CT molecular complexity index is 1420. The predicted molar refractivity (Wildman–Crippen MR) is 158 cm³/mol. The number of nitrogens with one attached hydrogen (secondary N) is 2. The summed E-state index contributed by atoms with van der Waals surface area (Å²) >= 11 is 1.23. The molecule has 3 aromatic rings. The zero-order chi connectivity index (χ0) is 28.7. The Hall–Kier alpha value is -3.16. The molecule has 0 bridgehead atoms. The maximum absolute atomic E-state index is 13.4. The maximum atomic E-state index is 13.4. The first-order chi connectivity index (χ1) is 19.9. The van der Waals surface area contributed by atoms with Gasteiger partial charge in [0, 0.05) is 18.9 Å². The van der Waals surface area contributed by atoms with Crippen molar-refractivity contribution in [1.29, 1.82) is 0 Å². The Morgan fingerprint density at radius 1 is 1.12 bits per heavy atom. The number of pyridine rings is 1. The van der Waals surface area contributed by atoms with Gasteiger partial charge in [-0.2, -0.15) is 0 Å². The lowest BCUT2D eigenvalue weighted by atomic mass is 10.1. The Kier molecular flexibility index (Phi) is 9.78. The maximum Gasteiger partial charge on any atom is 0.280 e. The molecule has 1 saturated heterocycles. The van der Waals surface area contributed by atoms with Crippen molar-refractivity contribution >= 4 is 33.0 Å². The molecule has 11 nitrogen and oxygen atoms in total.